The Hall–Kier alpha value is -2.17. The monoisotopic (exact) mass is 298 g/mol. The highest BCUT2D eigenvalue weighted by Gasteiger charge is 2.22. The molecule has 1 aliphatic carbocycles. The zero-order valence-corrected chi connectivity index (χ0v) is 13.4. The molecular weight excluding hydrogens is 276 g/mol. The van der Waals surface area contributed by atoms with E-state index < -0.39 is 0 Å². The average Bonchev–Trinajstić information content (AvgIpc) is 3.08. The summed E-state index contributed by atoms with van der Waals surface area (Å²) < 4.78 is 0. The Morgan fingerprint density at radius 1 is 1.18 bits per heavy atom. The van der Waals surface area contributed by atoms with Crippen molar-refractivity contribution in [1.29, 1.82) is 0 Å². The normalized spacial score (nSPS) is 15.2. The van der Waals surface area contributed by atoms with Crippen LogP contribution in [0.1, 0.15) is 53.0 Å². The van der Waals surface area contributed by atoms with Gasteiger partial charge >= 0.3 is 0 Å². The Kier molecular flexibility index (Phi) is 3.96. The van der Waals surface area contributed by atoms with Crippen molar-refractivity contribution in [3.8, 4) is 5.69 Å². The van der Waals surface area contributed by atoms with E-state index >= 15 is 0 Å². The first kappa shape index (κ1) is 14.8. The summed E-state index contributed by atoms with van der Waals surface area (Å²) in [5, 5.41) is 11.9. The summed E-state index contributed by atoms with van der Waals surface area (Å²) in [4.78, 5) is 13.9. The number of rotatable bonds is 3. The van der Waals surface area contributed by atoms with E-state index in [1.54, 1.807) is 4.80 Å². The number of hydrogen-bond acceptors (Lipinski definition) is 3. The molecule has 1 heterocycles. The van der Waals surface area contributed by atoms with Crippen molar-refractivity contribution in [2.45, 2.75) is 52.5 Å². The van der Waals surface area contributed by atoms with Gasteiger partial charge in [-0.15, -0.1) is 5.10 Å². The highest BCUT2D eigenvalue weighted by Crippen LogP contribution is 2.19. The zero-order chi connectivity index (χ0) is 15.7. The van der Waals surface area contributed by atoms with Crippen LogP contribution in [0.2, 0.25) is 0 Å². The molecule has 0 bridgehead atoms. The van der Waals surface area contributed by atoms with Crippen LogP contribution in [0.25, 0.3) is 5.69 Å². The van der Waals surface area contributed by atoms with Crippen LogP contribution in [0.15, 0.2) is 18.2 Å². The van der Waals surface area contributed by atoms with Crippen LogP contribution in [0, 0.1) is 20.8 Å². The minimum atomic E-state index is -0.111. The number of aromatic nitrogens is 3. The zero-order valence-electron chi connectivity index (χ0n) is 13.4. The van der Waals surface area contributed by atoms with Gasteiger partial charge in [-0.05, 0) is 45.2 Å². The molecule has 0 atom stereocenters. The molecule has 1 amide bonds. The molecule has 1 N–H and O–H groups in total. The Morgan fingerprint density at radius 2 is 1.91 bits per heavy atom. The van der Waals surface area contributed by atoms with Crippen LogP contribution < -0.4 is 5.32 Å². The summed E-state index contributed by atoms with van der Waals surface area (Å²) in [6.07, 6.45) is 4.52. The second-order valence-corrected chi connectivity index (χ2v) is 6.17. The summed E-state index contributed by atoms with van der Waals surface area (Å²) in [5.41, 5.74) is 4.29. The summed E-state index contributed by atoms with van der Waals surface area (Å²) in [6, 6.07) is 6.40. The Morgan fingerprint density at radius 3 is 2.59 bits per heavy atom. The number of carbonyl (C=O) groups is 1. The number of amides is 1. The van der Waals surface area contributed by atoms with Gasteiger partial charge in [0, 0.05) is 6.04 Å². The molecule has 0 saturated heterocycles. The third kappa shape index (κ3) is 2.89. The standard InChI is InChI=1S/C17H22N4O/c1-11-8-9-15(12(2)10-11)21-19-13(3)16(20-21)17(22)18-14-6-4-5-7-14/h8-10,14H,4-7H2,1-3H3,(H,18,22). The first-order valence-corrected chi connectivity index (χ1v) is 7.87. The van der Waals surface area contributed by atoms with Crippen molar-refractivity contribution in [2.75, 3.05) is 0 Å². The molecule has 116 valence electrons. The van der Waals surface area contributed by atoms with Crippen molar-refractivity contribution in [3.05, 3.63) is 40.7 Å². The van der Waals surface area contributed by atoms with E-state index in [1.807, 2.05) is 26.0 Å². The van der Waals surface area contributed by atoms with Gasteiger partial charge in [-0.2, -0.15) is 9.90 Å². The van der Waals surface area contributed by atoms with Crippen LogP contribution in [0.3, 0.4) is 0 Å². The van der Waals surface area contributed by atoms with E-state index in [1.165, 1.54) is 18.4 Å². The Balaban J connectivity index is 1.85. The fourth-order valence-corrected chi connectivity index (χ4v) is 3.05. The molecule has 0 unspecified atom stereocenters. The van der Waals surface area contributed by atoms with Crippen LogP contribution >= 0.6 is 0 Å². The molecule has 22 heavy (non-hydrogen) atoms. The molecule has 0 radical (unpaired) electrons. The molecule has 1 aliphatic rings. The van der Waals surface area contributed by atoms with Gasteiger partial charge < -0.3 is 5.32 Å². The van der Waals surface area contributed by atoms with Crippen molar-refractivity contribution in [3.63, 3.8) is 0 Å². The Bertz CT molecular complexity index is 699. The number of aryl methyl sites for hydroxylation is 3. The van der Waals surface area contributed by atoms with E-state index in [0.29, 0.717) is 11.4 Å². The minimum Gasteiger partial charge on any atom is -0.348 e. The SMILES string of the molecule is Cc1ccc(-n2nc(C)c(C(=O)NC3CCCC3)n2)c(C)c1. The van der Waals surface area contributed by atoms with Gasteiger partial charge in [-0.25, -0.2) is 0 Å². The summed E-state index contributed by atoms with van der Waals surface area (Å²) in [6.45, 7) is 5.91. The van der Waals surface area contributed by atoms with Crippen LogP contribution in [0.5, 0.6) is 0 Å². The van der Waals surface area contributed by atoms with Crippen molar-refractivity contribution in [1.82, 2.24) is 20.3 Å². The lowest BCUT2D eigenvalue weighted by molar-refractivity contribution is 0.0932. The lowest BCUT2D eigenvalue weighted by Gasteiger charge is -2.10. The highest BCUT2D eigenvalue weighted by atomic mass is 16.2. The van der Waals surface area contributed by atoms with Crippen molar-refractivity contribution in [2.24, 2.45) is 0 Å². The van der Waals surface area contributed by atoms with E-state index in [9.17, 15) is 4.79 Å². The Labute approximate surface area is 130 Å². The number of hydrogen-bond donors (Lipinski definition) is 1. The minimum absolute atomic E-state index is 0.111. The smallest absolute Gasteiger partial charge is 0.273 e. The van der Waals surface area contributed by atoms with E-state index in [2.05, 4.69) is 28.5 Å². The molecule has 3 rings (SSSR count). The molecule has 5 heteroatoms. The fraction of sp³-hybridized carbons (Fsp3) is 0.471. The van der Waals surface area contributed by atoms with Gasteiger partial charge in [0.05, 0.1) is 11.4 Å². The third-order valence-electron chi connectivity index (χ3n) is 4.26. The molecule has 0 aliphatic heterocycles. The van der Waals surface area contributed by atoms with Gasteiger partial charge in [0.2, 0.25) is 0 Å². The molecular formula is C17H22N4O. The van der Waals surface area contributed by atoms with Crippen molar-refractivity contribution < 1.29 is 4.79 Å². The first-order chi connectivity index (χ1) is 10.5. The number of carbonyl (C=O) groups excluding carboxylic acids is 1. The van der Waals surface area contributed by atoms with Gasteiger partial charge in [0.15, 0.2) is 5.69 Å². The lowest BCUT2D eigenvalue weighted by atomic mass is 10.1. The number of nitrogens with one attached hydrogen (secondary N) is 1. The van der Waals surface area contributed by atoms with E-state index in [-0.39, 0.29) is 11.9 Å². The fourth-order valence-electron chi connectivity index (χ4n) is 3.05. The van der Waals surface area contributed by atoms with Crippen molar-refractivity contribution >= 4 is 5.91 Å². The maximum Gasteiger partial charge on any atom is 0.273 e. The maximum atomic E-state index is 12.4. The van der Waals surface area contributed by atoms with Crippen LogP contribution in [-0.2, 0) is 0 Å². The predicted octanol–water partition coefficient (Wildman–Crippen LogP) is 2.86. The molecule has 2 aromatic rings. The maximum absolute atomic E-state index is 12.4. The molecule has 1 aromatic carbocycles. The molecule has 1 fully saturated rings. The van der Waals surface area contributed by atoms with Gasteiger partial charge in [0.25, 0.3) is 5.91 Å². The van der Waals surface area contributed by atoms with E-state index in [0.717, 1.165) is 24.1 Å². The summed E-state index contributed by atoms with van der Waals surface area (Å²) in [5.74, 6) is -0.111. The molecule has 1 saturated carbocycles. The molecule has 5 nitrogen and oxygen atoms in total. The topological polar surface area (TPSA) is 59.8 Å². The first-order valence-electron chi connectivity index (χ1n) is 7.87. The third-order valence-corrected chi connectivity index (χ3v) is 4.26. The van der Waals surface area contributed by atoms with Gasteiger partial charge in [0.1, 0.15) is 0 Å². The molecule has 0 spiro atoms. The summed E-state index contributed by atoms with van der Waals surface area (Å²) in [7, 11) is 0. The second kappa shape index (κ2) is 5.91. The number of benzene rings is 1. The quantitative estimate of drug-likeness (QED) is 0.948. The molecule has 1 aromatic heterocycles. The number of nitrogens with zero attached hydrogens (tertiary/aromatic N) is 3. The average molecular weight is 298 g/mol. The summed E-state index contributed by atoms with van der Waals surface area (Å²) >= 11 is 0. The lowest BCUT2D eigenvalue weighted by Crippen LogP contribution is -2.33. The predicted molar refractivity (Wildman–Crippen MR) is 85.3 cm³/mol. The van der Waals surface area contributed by atoms with Gasteiger partial charge in [-0.3, -0.25) is 4.79 Å². The van der Waals surface area contributed by atoms with Crippen LogP contribution in [0.4, 0.5) is 0 Å². The van der Waals surface area contributed by atoms with Gasteiger partial charge in [-0.1, -0.05) is 30.5 Å². The largest absolute Gasteiger partial charge is 0.348 e. The van der Waals surface area contributed by atoms with Crippen LogP contribution in [-0.4, -0.2) is 26.9 Å². The van der Waals surface area contributed by atoms with E-state index in [4.69, 9.17) is 0 Å². The second-order valence-electron chi connectivity index (χ2n) is 6.17. The highest BCUT2D eigenvalue weighted by molar-refractivity contribution is 5.93.